The molecule has 0 aliphatic heterocycles. The van der Waals surface area contributed by atoms with Crippen molar-refractivity contribution < 1.29 is 9.90 Å². The first kappa shape index (κ1) is 16.5. The molecule has 40 valence electrons. The standard InChI is InChI=1S/C3H6O2S.2Na.2H/c1-2(4)3(5)6;;;;/h2,4H,1H3,(H,5,6);;;;. The first-order valence-electron chi connectivity index (χ1n) is 1.55. The molecule has 1 unspecified atom stereocenters. The van der Waals surface area contributed by atoms with Gasteiger partial charge in [0.25, 0.3) is 0 Å². The number of aliphatic hydroxyl groups is 1. The Balaban J connectivity index is -0.000000125. The fourth-order valence-corrected chi connectivity index (χ4v) is 0. The van der Waals surface area contributed by atoms with Crippen LogP contribution in [0, 0.1) is 0 Å². The van der Waals surface area contributed by atoms with E-state index in [0.717, 1.165) is 0 Å². The fraction of sp³-hybridized carbons (Fsp3) is 0.667. The van der Waals surface area contributed by atoms with Gasteiger partial charge < -0.3 is 5.11 Å². The third-order valence-electron chi connectivity index (χ3n) is 0.357. The van der Waals surface area contributed by atoms with Crippen LogP contribution < -0.4 is 0 Å². The van der Waals surface area contributed by atoms with Crippen molar-refractivity contribution in [3.8, 4) is 0 Å². The van der Waals surface area contributed by atoms with Gasteiger partial charge >= 0.3 is 59.1 Å². The molecule has 5 heteroatoms. The number of carbonyl (C=O) groups is 1. The fourth-order valence-electron chi connectivity index (χ4n) is 0. The molecule has 0 heterocycles. The number of thiol groups is 1. The van der Waals surface area contributed by atoms with E-state index in [4.69, 9.17) is 5.11 Å². The van der Waals surface area contributed by atoms with E-state index in [-0.39, 0.29) is 59.1 Å². The van der Waals surface area contributed by atoms with E-state index in [1.807, 2.05) is 0 Å². The molecule has 1 atom stereocenters. The van der Waals surface area contributed by atoms with Crippen molar-refractivity contribution in [2.75, 3.05) is 0 Å². The van der Waals surface area contributed by atoms with E-state index in [1.165, 1.54) is 6.92 Å². The summed E-state index contributed by atoms with van der Waals surface area (Å²) in [6, 6.07) is 0. The third-order valence-corrected chi connectivity index (χ3v) is 0.731. The monoisotopic (exact) mass is 154 g/mol. The van der Waals surface area contributed by atoms with Crippen LogP contribution in [-0.2, 0) is 4.79 Å². The molecule has 0 spiro atoms. The zero-order chi connectivity index (χ0) is 5.15. The Hall–Kier alpha value is 1.98. The average molecular weight is 154 g/mol. The summed E-state index contributed by atoms with van der Waals surface area (Å²) in [6.07, 6.45) is -0.923. The van der Waals surface area contributed by atoms with E-state index in [9.17, 15) is 4.79 Å². The second-order valence-corrected chi connectivity index (χ2v) is 1.45. The molecule has 0 rings (SSSR count). The van der Waals surface area contributed by atoms with Crippen molar-refractivity contribution in [1.29, 1.82) is 0 Å². The van der Waals surface area contributed by atoms with E-state index in [2.05, 4.69) is 12.6 Å². The van der Waals surface area contributed by atoms with Crippen molar-refractivity contribution in [1.82, 2.24) is 0 Å². The summed E-state index contributed by atoms with van der Waals surface area (Å²) in [5, 5.41) is 7.71. The number of hydrogen-bond acceptors (Lipinski definition) is 2. The zero-order valence-electron chi connectivity index (χ0n) is 3.38. The Morgan fingerprint density at radius 3 is 1.75 bits per heavy atom. The normalized spacial score (nSPS) is 10.4. The minimum atomic E-state index is -0.923. The maximum atomic E-state index is 9.76. The summed E-state index contributed by atoms with van der Waals surface area (Å²) in [5.41, 5.74) is 0. The summed E-state index contributed by atoms with van der Waals surface area (Å²) >= 11 is 3.30. The van der Waals surface area contributed by atoms with Crippen LogP contribution in [0.3, 0.4) is 0 Å². The van der Waals surface area contributed by atoms with Crippen molar-refractivity contribution in [2.24, 2.45) is 0 Å². The maximum absolute atomic E-state index is 9.76. The Morgan fingerprint density at radius 2 is 1.75 bits per heavy atom. The number of rotatable bonds is 1. The van der Waals surface area contributed by atoms with Gasteiger partial charge in [-0.1, -0.05) is 0 Å². The van der Waals surface area contributed by atoms with Gasteiger partial charge in [0.05, 0.1) is 0 Å². The summed E-state index contributed by atoms with van der Waals surface area (Å²) < 4.78 is 0. The summed E-state index contributed by atoms with van der Waals surface area (Å²) in [5.74, 6) is 0. The first-order chi connectivity index (χ1) is 2.64. The topological polar surface area (TPSA) is 37.3 Å². The van der Waals surface area contributed by atoms with Gasteiger partial charge in [-0.15, -0.1) is 12.6 Å². The minimum absolute atomic E-state index is 0. The summed E-state index contributed by atoms with van der Waals surface area (Å²) in [6.45, 7) is 1.37. The molecule has 0 aliphatic rings. The van der Waals surface area contributed by atoms with Gasteiger partial charge in [0.15, 0.2) is 0 Å². The van der Waals surface area contributed by atoms with E-state index in [1.54, 1.807) is 0 Å². The molecule has 0 aliphatic carbocycles. The molecule has 2 nitrogen and oxygen atoms in total. The summed E-state index contributed by atoms with van der Waals surface area (Å²) in [4.78, 5) is 9.76. The van der Waals surface area contributed by atoms with E-state index >= 15 is 0 Å². The molecular weight excluding hydrogens is 146 g/mol. The Kier molecular flexibility index (Phi) is 18.5. The van der Waals surface area contributed by atoms with Crippen LogP contribution in [-0.4, -0.2) is 75.4 Å². The van der Waals surface area contributed by atoms with Gasteiger partial charge in [-0.3, -0.25) is 4.79 Å². The first-order valence-corrected chi connectivity index (χ1v) is 2.00. The van der Waals surface area contributed by atoms with Gasteiger partial charge in [-0.05, 0) is 6.92 Å². The molecule has 0 radical (unpaired) electrons. The number of carbonyl (C=O) groups excluding carboxylic acids is 1. The molecular formula is C3H8Na2O2S. The molecule has 0 aromatic carbocycles. The zero-order valence-corrected chi connectivity index (χ0v) is 4.27. The van der Waals surface area contributed by atoms with Crippen molar-refractivity contribution in [3.05, 3.63) is 0 Å². The second kappa shape index (κ2) is 8.98. The predicted molar refractivity (Wildman–Crippen MR) is 40.0 cm³/mol. The molecule has 0 saturated carbocycles. The van der Waals surface area contributed by atoms with Crippen LogP contribution in [0.25, 0.3) is 0 Å². The van der Waals surface area contributed by atoms with Gasteiger partial charge in [-0.25, -0.2) is 0 Å². The number of hydrogen-bond donors (Lipinski definition) is 2. The third kappa shape index (κ3) is 10.9. The number of aliphatic hydroxyl groups excluding tert-OH is 1. The van der Waals surface area contributed by atoms with Crippen molar-refractivity contribution in [3.63, 3.8) is 0 Å². The Labute approximate surface area is 98.4 Å². The van der Waals surface area contributed by atoms with E-state index in [0.29, 0.717) is 0 Å². The Bertz CT molecular complexity index is 66.3. The van der Waals surface area contributed by atoms with Gasteiger partial charge in [0.2, 0.25) is 5.12 Å². The Morgan fingerprint density at radius 1 is 1.62 bits per heavy atom. The van der Waals surface area contributed by atoms with Crippen molar-refractivity contribution >= 4 is 76.9 Å². The van der Waals surface area contributed by atoms with Crippen LogP contribution in [0.4, 0.5) is 0 Å². The SMILES string of the molecule is CC(O)C(=O)S.[NaH].[NaH]. The van der Waals surface area contributed by atoms with Gasteiger partial charge in [0.1, 0.15) is 6.10 Å². The molecule has 0 saturated heterocycles. The molecule has 8 heavy (non-hydrogen) atoms. The molecule has 0 amide bonds. The van der Waals surface area contributed by atoms with Crippen LogP contribution in [0.2, 0.25) is 0 Å². The average Bonchev–Trinajstić information content (AvgIpc) is 1.36. The molecule has 0 aromatic rings. The molecule has 0 fully saturated rings. The van der Waals surface area contributed by atoms with Crippen molar-refractivity contribution in [2.45, 2.75) is 13.0 Å². The second-order valence-electron chi connectivity index (χ2n) is 1.01. The molecule has 0 bridgehead atoms. The molecule has 0 aromatic heterocycles. The predicted octanol–water partition coefficient (Wildman–Crippen LogP) is -1.47. The summed E-state index contributed by atoms with van der Waals surface area (Å²) in [7, 11) is 0. The van der Waals surface area contributed by atoms with Gasteiger partial charge in [0, 0.05) is 0 Å². The van der Waals surface area contributed by atoms with E-state index < -0.39 is 11.2 Å². The van der Waals surface area contributed by atoms with Crippen LogP contribution in [0.5, 0.6) is 0 Å². The van der Waals surface area contributed by atoms with Crippen LogP contribution in [0.1, 0.15) is 6.92 Å². The molecule has 1 N–H and O–H groups in total. The van der Waals surface area contributed by atoms with Gasteiger partial charge in [-0.2, -0.15) is 0 Å². The quantitative estimate of drug-likeness (QED) is 0.357. The van der Waals surface area contributed by atoms with Crippen LogP contribution >= 0.6 is 12.6 Å². The van der Waals surface area contributed by atoms with Crippen LogP contribution in [0.15, 0.2) is 0 Å².